The Labute approximate surface area is 120 Å². The topological polar surface area (TPSA) is 75.1 Å². The molecule has 0 bridgehead atoms. The predicted molar refractivity (Wildman–Crippen MR) is 69.9 cm³/mol. The van der Waals surface area contributed by atoms with E-state index in [2.05, 4.69) is 14.8 Å². The van der Waals surface area contributed by atoms with Gasteiger partial charge in [0.25, 0.3) is 5.91 Å². The molecule has 1 aromatic carbocycles. The molecule has 5 nitrogen and oxygen atoms in total. The normalized spacial score (nSPS) is 10.8. The van der Waals surface area contributed by atoms with Crippen LogP contribution < -0.4 is 4.74 Å². The second kappa shape index (κ2) is 5.86. The molecule has 1 aromatic heterocycles. The van der Waals surface area contributed by atoms with Crippen LogP contribution in [-0.2, 0) is 0 Å². The molecule has 0 atom stereocenters. The van der Waals surface area contributed by atoms with Crippen LogP contribution >= 0.6 is 11.3 Å². The first-order chi connectivity index (χ1) is 9.90. The van der Waals surface area contributed by atoms with Crippen molar-refractivity contribution in [3.05, 3.63) is 51.0 Å². The van der Waals surface area contributed by atoms with Gasteiger partial charge in [-0.15, -0.1) is 24.5 Å². The van der Waals surface area contributed by atoms with E-state index < -0.39 is 18.0 Å². The van der Waals surface area contributed by atoms with E-state index in [1.54, 1.807) is 11.4 Å². The quantitative estimate of drug-likeness (QED) is 0.465. The number of azide groups is 1. The maximum Gasteiger partial charge on any atom is 0.573 e. The van der Waals surface area contributed by atoms with E-state index >= 15 is 0 Å². The average Bonchev–Trinajstić information content (AvgIpc) is 2.86. The molecule has 0 fully saturated rings. The van der Waals surface area contributed by atoms with Crippen molar-refractivity contribution in [3.63, 3.8) is 0 Å². The van der Waals surface area contributed by atoms with Gasteiger partial charge in [0.15, 0.2) is 0 Å². The summed E-state index contributed by atoms with van der Waals surface area (Å²) >= 11 is 1.03. The van der Waals surface area contributed by atoms with Crippen LogP contribution in [0.2, 0.25) is 0 Å². The summed E-state index contributed by atoms with van der Waals surface area (Å²) < 4.78 is 40.4. The summed E-state index contributed by atoms with van der Waals surface area (Å²) in [6.07, 6.45) is -4.79. The maximum absolute atomic E-state index is 12.2. The minimum absolute atomic E-state index is 0.150. The Bertz CT molecular complexity index is 721. The molecule has 2 rings (SSSR count). The maximum atomic E-state index is 12.2. The highest BCUT2D eigenvalue weighted by Gasteiger charge is 2.31. The summed E-state index contributed by atoms with van der Waals surface area (Å²) in [6, 6.07) is 6.76. The Kier molecular flexibility index (Phi) is 4.15. The number of carbonyl (C=O) groups is 1. The third-order valence-electron chi connectivity index (χ3n) is 2.37. The van der Waals surface area contributed by atoms with Crippen LogP contribution in [0.3, 0.4) is 0 Å². The lowest BCUT2D eigenvalue weighted by atomic mass is 10.1. The molecule has 0 unspecified atom stereocenters. The van der Waals surface area contributed by atoms with Crippen molar-refractivity contribution in [1.29, 1.82) is 0 Å². The molecular weight excluding hydrogens is 307 g/mol. The number of benzene rings is 1. The Morgan fingerprint density at radius 2 is 2.10 bits per heavy atom. The third-order valence-corrected chi connectivity index (χ3v) is 3.28. The summed E-state index contributed by atoms with van der Waals surface area (Å²) in [5.41, 5.74) is 9.00. The first kappa shape index (κ1) is 14.9. The van der Waals surface area contributed by atoms with E-state index in [1.165, 1.54) is 12.1 Å². The highest BCUT2D eigenvalue weighted by Crippen LogP contribution is 2.32. The van der Waals surface area contributed by atoms with Crippen molar-refractivity contribution >= 4 is 17.2 Å². The lowest BCUT2D eigenvalue weighted by molar-refractivity contribution is -0.274. The molecule has 0 radical (unpaired) electrons. The molecule has 0 saturated heterocycles. The number of rotatable bonds is 3. The third kappa shape index (κ3) is 3.74. The van der Waals surface area contributed by atoms with E-state index in [1.807, 2.05) is 0 Å². The van der Waals surface area contributed by atoms with E-state index in [9.17, 15) is 18.0 Å². The van der Waals surface area contributed by atoms with Gasteiger partial charge in [-0.2, -0.15) is 0 Å². The van der Waals surface area contributed by atoms with Gasteiger partial charge in [0, 0.05) is 10.5 Å². The van der Waals surface area contributed by atoms with Crippen molar-refractivity contribution in [2.75, 3.05) is 0 Å². The number of hydrogen-bond donors (Lipinski definition) is 0. The minimum atomic E-state index is -4.79. The molecular formula is C12H6F3N3O2S. The molecule has 21 heavy (non-hydrogen) atoms. The largest absolute Gasteiger partial charge is 0.573 e. The van der Waals surface area contributed by atoms with Crippen LogP contribution in [0.1, 0.15) is 9.67 Å². The zero-order valence-corrected chi connectivity index (χ0v) is 11.0. The van der Waals surface area contributed by atoms with Gasteiger partial charge in [-0.25, -0.2) is 0 Å². The number of carbonyl (C=O) groups excluding carboxylic acids is 1. The summed E-state index contributed by atoms with van der Waals surface area (Å²) in [6.45, 7) is 0. The van der Waals surface area contributed by atoms with Gasteiger partial charge in [-0.3, -0.25) is 4.79 Å². The predicted octanol–water partition coefficient (Wildman–Crippen LogP) is 4.76. The van der Waals surface area contributed by atoms with Crippen LogP contribution in [0.5, 0.6) is 5.75 Å². The number of ether oxygens (including phenoxy) is 1. The zero-order valence-electron chi connectivity index (χ0n) is 10.2. The Morgan fingerprint density at radius 3 is 2.76 bits per heavy atom. The number of halogens is 3. The fraction of sp³-hybridized carbons (Fsp3) is 0.0833. The van der Waals surface area contributed by atoms with Crippen molar-refractivity contribution in [2.45, 2.75) is 6.36 Å². The standard InChI is InChI=1S/C12H6F3N3O2S/c13-12(14,15)20-8-3-1-2-7(6-8)9-4-5-21-10(9)11(19)17-18-16/h1-6H. The van der Waals surface area contributed by atoms with Crippen LogP contribution in [0.4, 0.5) is 13.2 Å². The van der Waals surface area contributed by atoms with E-state index in [4.69, 9.17) is 5.53 Å². The molecule has 0 aliphatic carbocycles. The number of nitrogens with zero attached hydrogens (tertiary/aromatic N) is 3. The summed E-state index contributed by atoms with van der Waals surface area (Å²) in [5, 5.41) is 4.55. The fourth-order valence-electron chi connectivity index (χ4n) is 1.65. The van der Waals surface area contributed by atoms with Gasteiger partial charge >= 0.3 is 6.36 Å². The van der Waals surface area contributed by atoms with Crippen LogP contribution in [-0.4, -0.2) is 12.3 Å². The van der Waals surface area contributed by atoms with Crippen LogP contribution in [0.25, 0.3) is 21.6 Å². The first-order valence-electron chi connectivity index (χ1n) is 5.44. The van der Waals surface area contributed by atoms with Crippen molar-refractivity contribution < 1.29 is 22.7 Å². The summed E-state index contributed by atoms with van der Waals surface area (Å²) in [4.78, 5) is 14.1. The van der Waals surface area contributed by atoms with Crippen molar-refractivity contribution in [2.24, 2.45) is 5.11 Å². The Morgan fingerprint density at radius 1 is 1.33 bits per heavy atom. The average molecular weight is 313 g/mol. The van der Waals surface area contributed by atoms with Gasteiger partial charge in [-0.05, 0) is 39.8 Å². The molecule has 2 aromatic rings. The van der Waals surface area contributed by atoms with Crippen molar-refractivity contribution in [1.82, 2.24) is 0 Å². The summed E-state index contributed by atoms with van der Waals surface area (Å²) in [7, 11) is 0. The second-order valence-corrected chi connectivity index (χ2v) is 4.65. The first-order valence-corrected chi connectivity index (χ1v) is 6.32. The molecule has 1 amide bonds. The molecule has 0 N–H and O–H groups in total. The second-order valence-electron chi connectivity index (χ2n) is 3.73. The van der Waals surface area contributed by atoms with Crippen LogP contribution in [0.15, 0.2) is 40.8 Å². The molecule has 0 aliphatic heterocycles. The smallest absolute Gasteiger partial charge is 0.406 e. The SMILES string of the molecule is [N-]=[N+]=NC(=O)c1sccc1-c1cccc(OC(F)(F)F)c1. The monoisotopic (exact) mass is 313 g/mol. The van der Waals surface area contributed by atoms with E-state index in [-0.39, 0.29) is 4.88 Å². The van der Waals surface area contributed by atoms with Crippen LogP contribution in [0, 0.1) is 0 Å². The Balaban J connectivity index is 2.40. The minimum Gasteiger partial charge on any atom is -0.406 e. The Hall–Kier alpha value is -2.51. The molecule has 108 valence electrons. The fourth-order valence-corrected chi connectivity index (χ4v) is 2.44. The van der Waals surface area contributed by atoms with E-state index in [0.717, 1.165) is 23.5 Å². The summed E-state index contributed by atoms with van der Waals surface area (Å²) in [5.74, 6) is -1.18. The van der Waals surface area contributed by atoms with Gasteiger partial charge < -0.3 is 4.74 Å². The van der Waals surface area contributed by atoms with Gasteiger partial charge in [-0.1, -0.05) is 12.1 Å². The molecule has 0 aliphatic rings. The number of thiophene rings is 1. The molecule has 1 heterocycles. The highest BCUT2D eigenvalue weighted by molar-refractivity contribution is 7.12. The number of hydrogen-bond acceptors (Lipinski definition) is 3. The van der Waals surface area contributed by atoms with E-state index in [0.29, 0.717) is 11.1 Å². The highest BCUT2D eigenvalue weighted by atomic mass is 32.1. The number of alkyl halides is 3. The zero-order chi connectivity index (χ0) is 15.5. The van der Waals surface area contributed by atoms with Gasteiger partial charge in [0.05, 0.1) is 4.88 Å². The van der Waals surface area contributed by atoms with Gasteiger partial charge in [0.1, 0.15) is 5.75 Å². The van der Waals surface area contributed by atoms with Crippen molar-refractivity contribution in [3.8, 4) is 16.9 Å². The molecule has 0 saturated carbocycles. The lowest BCUT2D eigenvalue weighted by Crippen LogP contribution is -2.17. The lowest BCUT2D eigenvalue weighted by Gasteiger charge is -2.10. The molecule has 0 spiro atoms. The van der Waals surface area contributed by atoms with Gasteiger partial charge in [0.2, 0.25) is 0 Å². The number of amides is 1. The molecule has 9 heteroatoms.